The summed E-state index contributed by atoms with van der Waals surface area (Å²) in [4.78, 5) is 69.7. The molecular formula is C22H24O11. The van der Waals surface area contributed by atoms with Gasteiger partial charge in [0.1, 0.15) is 0 Å². The van der Waals surface area contributed by atoms with Crippen LogP contribution in [0.15, 0.2) is 36.4 Å². The summed E-state index contributed by atoms with van der Waals surface area (Å²) in [5.41, 5.74) is -0.673. The Kier molecular flexibility index (Phi) is 12.4. The molecule has 11 nitrogen and oxygen atoms in total. The van der Waals surface area contributed by atoms with Crippen molar-refractivity contribution in [1.29, 1.82) is 0 Å². The average Bonchev–Trinajstić information content (AvgIpc) is 2.78. The Morgan fingerprint density at radius 2 is 1.33 bits per heavy atom. The summed E-state index contributed by atoms with van der Waals surface area (Å²) >= 11 is 0. The number of carbonyl (C=O) groups excluding carboxylic acids is 5. The molecule has 2 N–H and O–H groups in total. The minimum atomic E-state index is -1.42. The third kappa shape index (κ3) is 11.4. The van der Waals surface area contributed by atoms with Gasteiger partial charge in [0.05, 0.1) is 17.7 Å². The van der Waals surface area contributed by atoms with Gasteiger partial charge >= 0.3 is 35.8 Å². The van der Waals surface area contributed by atoms with Gasteiger partial charge in [-0.2, -0.15) is 0 Å². The second-order valence-corrected chi connectivity index (χ2v) is 6.55. The van der Waals surface area contributed by atoms with E-state index in [-0.39, 0.29) is 43.6 Å². The summed E-state index contributed by atoms with van der Waals surface area (Å²) in [5, 5.41) is 17.1. The van der Waals surface area contributed by atoms with E-state index in [9.17, 15) is 28.8 Å². The number of rotatable bonds is 13. The highest BCUT2D eigenvalue weighted by atomic mass is 16.6. The van der Waals surface area contributed by atoms with E-state index in [0.29, 0.717) is 31.4 Å². The van der Waals surface area contributed by atoms with E-state index in [1.807, 2.05) is 0 Å². The first-order valence-corrected chi connectivity index (χ1v) is 10.0. The van der Waals surface area contributed by atoms with Crippen molar-refractivity contribution in [2.75, 3.05) is 13.2 Å². The lowest BCUT2D eigenvalue weighted by Gasteiger charge is -2.08. The number of carbonyl (C=O) groups is 6. The zero-order valence-electron chi connectivity index (χ0n) is 17.7. The molecule has 0 saturated carbocycles. The minimum Gasteiger partial charge on any atom is -0.478 e. The molecule has 178 valence electrons. The van der Waals surface area contributed by atoms with Crippen LogP contribution in [-0.2, 0) is 33.4 Å². The van der Waals surface area contributed by atoms with Gasteiger partial charge in [0.25, 0.3) is 0 Å². The van der Waals surface area contributed by atoms with Crippen LogP contribution in [0.1, 0.15) is 59.2 Å². The number of unbranched alkanes of at least 4 members (excludes halogenated alkanes) is 2. The van der Waals surface area contributed by atoms with Crippen LogP contribution in [0.4, 0.5) is 0 Å². The molecule has 0 aliphatic carbocycles. The van der Waals surface area contributed by atoms with Gasteiger partial charge in [0, 0.05) is 31.6 Å². The van der Waals surface area contributed by atoms with E-state index in [1.165, 1.54) is 24.3 Å². The molecule has 0 atom stereocenters. The highest BCUT2D eigenvalue weighted by molar-refractivity contribution is 6.09. The maximum Gasteiger partial charge on any atom is 0.346 e. The van der Waals surface area contributed by atoms with Crippen molar-refractivity contribution in [1.82, 2.24) is 0 Å². The Morgan fingerprint density at radius 1 is 0.758 bits per heavy atom. The molecule has 0 aliphatic heterocycles. The summed E-state index contributed by atoms with van der Waals surface area (Å²) in [6.07, 6.45) is 2.60. The summed E-state index contributed by atoms with van der Waals surface area (Å²) < 4.78 is 14.1. The topological polar surface area (TPSA) is 171 Å². The van der Waals surface area contributed by atoms with Crippen LogP contribution in [0.5, 0.6) is 0 Å². The van der Waals surface area contributed by atoms with Crippen molar-refractivity contribution >= 4 is 35.8 Å². The van der Waals surface area contributed by atoms with Gasteiger partial charge in [-0.25, -0.2) is 19.2 Å². The first kappa shape index (κ1) is 27.2. The van der Waals surface area contributed by atoms with E-state index >= 15 is 0 Å². The van der Waals surface area contributed by atoms with Gasteiger partial charge in [-0.3, -0.25) is 9.59 Å². The van der Waals surface area contributed by atoms with Gasteiger partial charge in [-0.05, 0) is 37.8 Å². The van der Waals surface area contributed by atoms with E-state index < -0.39 is 35.8 Å². The van der Waals surface area contributed by atoms with E-state index in [0.717, 1.165) is 0 Å². The number of esters is 5. The lowest BCUT2D eigenvalue weighted by molar-refractivity contribution is -0.144. The second-order valence-electron chi connectivity index (χ2n) is 6.55. The third-order valence-electron chi connectivity index (χ3n) is 3.96. The molecule has 0 heterocycles. The van der Waals surface area contributed by atoms with Crippen molar-refractivity contribution in [2.45, 2.75) is 38.5 Å². The molecule has 0 unspecified atom stereocenters. The van der Waals surface area contributed by atoms with E-state index in [4.69, 9.17) is 19.7 Å². The van der Waals surface area contributed by atoms with E-state index in [2.05, 4.69) is 4.74 Å². The molecule has 0 bridgehead atoms. The first-order valence-electron chi connectivity index (χ1n) is 10.0. The van der Waals surface area contributed by atoms with Gasteiger partial charge in [-0.15, -0.1) is 0 Å². The van der Waals surface area contributed by atoms with Crippen molar-refractivity contribution in [3.63, 3.8) is 0 Å². The van der Waals surface area contributed by atoms with Crippen molar-refractivity contribution < 1.29 is 53.2 Å². The Hall–Kier alpha value is -3.86. The van der Waals surface area contributed by atoms with Crippen LogP contribution in [0, 0.1) is 0 Å². The molecule has 0 radical (unpaired) electrons. The predicted octanol–water partition coefficient (Wildman–Crippen LogP) is 1.57. The van der Waals surface area contributed by atoms with Crippen LogP contribution < -0.4 is 0 Å². The fourth-order valence-electron chi connectivity index (χ4n) is 2.38. The summed E-state index contributed by atoms with van der Waals surface area (Å²) in [5.74, 6) is -6.35. The number of hydrogen-bond acceptors (Lipinski definition) is 10. The Bertz CT molecular complexity index is 901. The number of benzene rings is 1. The monoisotopic (exact) mass is 464 g/mol. The first-order chi connectivity index (χ1) is 15.7. The molecule has 0 fully saturated rings. The zero-order valence-corrected chi connectivity index (χ0v) is 17.7. The van der Waals surface area contributed by atoms with Crippen LogP contribution >= 0.6 is 0 Å². The smallest absolute Gasteiger partial charge is 0.346 e. The SMILES string of the molecule is O=C(O)/C=C\C(=O)OC(=O)c1ccccc1C(=O)OC(=O)CCCCC(=O)OCCCCO. The Morgan fingerprint density at radius 3 is 1.91 bits per heavy atom. The molecule has 1 aromatic carbocycles. The van der Waals surface area contributed by atoms with Gasteiger partial charge < -0.3 is 24.4 Å². The molecule has 0 aliphatic rings. The number of hydrogen-bond donors (Lipinski definition) is 2. The normalized spacial score (nSPS) is 10.5. The third-order valence-corrected chi connectivity index (χ3v) is 3.96. The number of carboxylic acids is 1. The lowest BCUT2D eigenvalue weighted by Crippen LogP contribution is -2.18. The maximum atomic E-state index is 12.3. The summed E-state index contributed by atoms with van der Waals surface area (Å²) in [7, 11) is 0. The average molecular weight is 464 g/mol. The standard InChI is InChI=1S/C22H24O11/c23-13-5-6-14-31-18(26)9-3-4-10-19(27)32-21(29)15-7-1-2-8-16(15)22(30)33-20(28)12-11-17(24)25/h1-2,7-8,11-12,23H,3-6,9-10,13-14H2,(H,24,25)/b12-11-. The molecule has 0 aromatic heterocycles. The fraction of sp³-hybridized carbons (Fsp3) is 0.364. The number of aliphatic hydroxyl groups excluding tert-OH is 1. The van der Waals surface area contributed by atoms with Crippen LogP contribution in [-0.4, -0.2) is 59.2 Å². The quantitative estimate of drug-likeness (QED) is 0.143. The zero-order chi connectivity index (χ0) is 24.6. The molecular weight excluding hydrogens is 440 g/mol. The van der Waals surface area contributed by atoms with Crippen LogP contribution in [0.25, 0.3) is 0 Å². The van der Waals surface area contributed by atoms with E-state index in [1.54, 1.807) is 0 Å². The molecule has 1 aromatic rings. The largest absolute Gasteiger partial charge is 0.478 e. The van der Waals surface area contributed by atoms with Crippen molar-refractivity contribution in [3.8, 4) is 0 Å². The lowest BCUT2D eigenvalue weighted by atomic mass is 10.1. The van der Waals surface area contributed by atoms with Gasteiger partial charge in [0.15, 0.2) is 0 Å². The molecule has 33 heavy (non-hydrogen) atoms. The molecule has 1 rings (SSSR count). The van der Waals surface area contributed by atoms with Crippen molar-refractivity contribution in [2.24, 2.45) is 0 Å². The van der Waals surface area contributed by atoms with Gasteiger partial charge in [-0.1, -0.05) is 12.1 Å². The van der Waals surface area contributed by atoms with Crippen molar-refractivity contribution in [3.05, 3.63) is 47.5 Å². The highest BCUT2D eigenvalue weighted by Crippen LogP contribution is 2.13. The highest BCUT2D eigenvalue weighted by Gasteiger charge is 2.22. The number of ether oxygens (including phenoxy) is 3. The fourth-order valence-corrected chi connectivity index (χ4v) is 2.38. The number of aliphatic carboxylic acids is 1. The summed E-state index contributed by atoms with van der Waals surface area (Å²) in [6, 6.07) is 5.14. The number of carboxylic acid groups (broad SMARTS) is 1. The minimum absolute atomic E-state index is 0.0201. The second kappa shape index (κ2) is 15.0. The molecule has 11 heteroatoms. The number of aliphatic hydroxyl groups is 1. The molecule has 0 saturated heterocycles. The van der Waals surface area contributed by atoms with Gasteiger partial charge in [0.2, 0.25) is 0 Å². The molecule has 0 amide bonds. The summed E-state index contributed by atoms with van der Waals surface area (Å²) in [6.45, 7) is 0.228. The maximum absolute atomic E-state index is 12.3. The Labute approximate surface area is 188 Å². The Balaban J connectivity index is 2.52. The van der Waals surface area contributed by atoms with Crippen LogP contribution in [0.3, 0.4) is 0 Å². The molecule has 0 spiro atoms. The van der Waals surface area contributed by atoms with Crippen LogP contribution in [0.2, 0.25) is 0 Å². The predicted molar refractivity (Wildman–Crippen MR) is 110 cm³/mol.